The van der Waals surface area contributed by atoms with Gasteiger partial charge in [-0.1, -0.05) is 0 Å². The Hall–Kier alpha value is -2.00. The van der Waals surface area contributed by atoms with Gasteiger partial charge in [0.05, 0.1) is 18.6 Å². The lowest BCUT2D eigenvalue weighted by atomic mass is 9.90. The smallest absolute Gasteiger partial charge is 0.317 e. The summed E-state index contributed by atoms with van der Waals surface area (Å²) in [4.78, 5) is 48.9. The molecule has 4 atom stereocenters. The summed E-state index contributed by atoms with van der Waals surface area (Å²) in [5.41, 5.74) is 0. The molecule has 0 aromatic rings. The number of rotatable bonds is 8. The molecule has 9 nitrogen and oxygen atoms in total. The molecule has 0 aliphatic carbocycles. The van der Waals surface area contributed by atoms with Gasteiger partial charge in [0.25, 0.3) is 0 Å². The van der Waals surface area contributed by atoms with Crippen LogP contribution in [0.25, 0.3) is 0 Å². The van der Waals surface area contributed by atoms with Crippen LogP contribution >= 0.6 is 0 Å². The Kier molecular flexibility index (Phi) is 6.49. The van der Waals surface area contributed by atoms with Crippen LogP contribution < -0.4 is 10.6 Å². The average Bonchev–Trinajstić information content (AvgIpc) is 3.18. The van der Waals surface area contributed by atoms with Crippen molar-refractivity contribution in [3.05, 3.63) is 0 Å². The van der Waals surface area contributed by atoms with Gasteiger partial charge in [0.15, 0.2) is 5.78 Å². The number of amides is 1. The van der Waals surface area contributed by atoms with Crippen molar-refractivity contribution in [3.63, 3.8) is 0 Å². The zero-order valence-electron chi connectivity index (χ0n) is 14.2. The number of hydrogen-bond donors (Lipinski definition) is 4. The Bertz CT molecular complexity index is 546. The van der Waals surface area contributed by atoms with Crippen LogP contribution in [0.1, 0.15) is 32.6 Å². The highest BCUT2D eigenvalue weighted by Crippen LogP contribution is 2.19. The summed E-state index contributed by atoms with van der Waals surface area (Å²) in [7, 11) is 0. The normalized spacial score (nSPS) is 26.1. The van der Waals surface area contributed by atoms with Crippen LogP contribution in [0.4, 0.5) is 0 Å². The first-order valence-corrected chi connectivity index (χ1v) is 8.57. The van der Waals surface area contributed by atoms with Crippen molar-refractivity contribution in [2.75, 3.05) is 19.6 Å². The molecule has 2 saturated heterocycles. The lowest BCUT2D eigenvalue weighted by Crippen LogP contribution is -2.53. The van der Waals surface area contributed by atoms with E-state index in [0.717, 1.165) is 6.42 Å². The standard InChI is InChI=1S/C16H25N3O6/c1-9(14(22)13(16(24)25)10-4-2-6-17-10)18-15(23)11-5-3-7-19(11)8-12(20)21/h9-11,13,17H,2-8H2,1H3,(H,18,23)(H,20,21)(H,24,25)/t9-,10?,11-,13?/m0/s1. The molecule has 0 aromatic carbocycles. The summed E-state index contributed by atoms with van der Waals surface area (Å²) in [6, 6.07) is -1.96. The maximum Gasteiger partial charge on any atom is 0.317 e. The molecule has 2 aliphatic heterocycles. The topological polar surface area (TPSA) is 136 Å². The van der Waals surface area contributed by atoms with Crippen LogP contribution in [0.5, 0.6) is 0 Å². The lowest BCUT2D eigenvalue weighted by molar-refractivity contribution is -0.149. The van der Waals surface area contributed by atoms with E-state index in [4.69, 9.17) is 5.11 Å². The van der Waals surface area contributed by atoms with Crippen molar-refractivity contribution in [1.29, 1.82) is 0 Å². The first-order chi connectivity index (χ1) is 11.8. The molecule has 0 spiro atoms. The molecule has 0 aromatic heterocycles. The number of hydrogen-bond acceptors (Lipinski definition) is 6. The maximum absolute atomic E-state index is 12.5. The molecule has 2 rings (SSSR count). The van der Waals surface area contributed by atoms with E-state index in [9.17, 15) is 24.3 Å². The average molecular weight is 355 g/mol. The minimum atomic E-state index is -1.20. The van der Waals surface area contributed by atoms with Gasteiger partial charge in [-0.3, -0.25) is 24.1 Å². The number of likely N-dealkylation sites (tertiary alicyclic amines) is 1. The summed E-state index contributed by atoms with van der Waals surface area (Å²) in [5.74, 6) is -4.37. The van der Waals surface area contributed by atoms with Gasteiger partial charge in [-0.05, 0) is 45.7 Å². The Balaban J connectivity index is 1.98. The van der Waals surface area contributed by atoms with Crippen LogP contribution in [-0.2, 0) is 19.2 Å². The second-order valence-electron chi connectivity index (χ2n) is 6.67. The molecule has 2 aliphatic rings. The lowest BCUT2D eigenvalue weighted by Gasteiger charge is -2.26. The van der Waals surface area contributed by atoms with Crippen molar-refractivity contribution < 1.29 is 29.4 Å². The largest absolute Gasteiger partial charge is 0.481 e. The molecule has 140 valence electrons. The van der Waals surface area contributed by atoms with Crippen LogP contribution in [-0.4, -0.2) is 76.5 Å². The van der Waals surface area contributed by atoms with Gasteiger partial charge in [0.2, 0.25) is 5.91 Å². The Morgan fingerprint density at radius 2 is 1.92 bits per heavy atom. The second-order valence-corrected chi connectivity index (χ2v) is 6.67. The zero-order chi connectivity index (χ0) is 18.6. The summed E-state index contributed by atoms with van der Waals surface area (Å²) in [6.07, 6.45) is 2.65. The third kappa shape index (κ3) is 4.76. The first kappa shape index (κ1) is 19.3. The van der Waals surface area contributed by atoms with Gasteiger partial charge < -0.3 is 20.8 Å². The van der Waals surface area contributed by atoms with Gasteiger partial charge >= 0.3 is 11.9 Å². The molecule has 9 heteroatoms. The Labute approximate surface area is 145 Å². The Morgan fingerprint density at radius 3 is 2.48 bits per heavy atom. The van der Waals surface area contributed by atoms with Gasteiger partial charge in [0.1, 0.15) is 5.92 Å². The SMILES string of the molecule is C[C@H](NC(=O)[C@@H]1CCCN1CC(=O)O)C(=O)C(C(=O)O)C1CCCN1. The highest BCUT2D eigenvalue weighted by atomic mass is 16.4. The molecule has 2 unspecified atom stereocenters. The van der Waals surface area contributed by atoms with E-state index in [-0.39, 0.29) is 6.54 Å². The van der Waals surface area contributed by atoms with Gasteiger partial charge in [-0.2, -0.15) is 0 Å². The van der Waals surface area contributed by atoms with Crippen molar-refractivity contribution >= 4 is 23.6 Å². The fraction of sp³-hybridized carbons (Fsp3) is 0.750. The van der Waals surface area contributed by atoms with E-state index in [0.29, 0.717) is 32.4 Å². The van der Waals surface area contributed by atoms with Gasteiger partial charge in [-0.25, -0.2) is 0 Å². The number of carbonyl (C=O) groups excluding carboxylic acids is 2. The third-order valence-electron chi connectivity index (χ3n) is 4.86. The minimum absolute atomic E-state index is 0.232. The van der Waals surface area contributed by atoms with Crippen LogP contribution in [0, 0.1) is 5.92 Å². The van der Waals surface area contributed by atoms with Crippen molar-refractivity contribution in [3.8, 4) is 0 Å². The van der Waals surface area contributed by atoms with Crippen molar-refractivity contribution in [1.82, 2.24) is 15.5 Å². The van der Waals surface area contributed by atoms with E-state index in [1.54, 1.807) is 4.90 Å². The molecular formula is C16H25N3O6. The predicted molar refractivity (Wildman–Crippen MR) is 87.0 cm³/mol. The molecular weight excluding hydrogens is 330 g/mol. The summed E-state index contributed by atoms with van der Waals surface area (Å²) >= 11 is 0. The fourth-order valence-corrected chi connectivity index (χ4v) is 3.62. The maximum atomic E-state index is 12.5. The molecule has 2 heterocycles. The number of Topliss-reactive ketones (excluding diaryl/α,β-unsaturated/α-hetero) is 1. The summed E-state index contributed by atoms with van der Waals surface area (Å²) in [6.45, 7) is 2.43. The van der Waals surface area contributed by atoms with E-state index in [1.165, 1.54) is 6.92 Å². The second kappa shape index (κ2) is 8.39. The molecule has 25 heavy (non-hydrogen) atoms. The predicted octanol–water partition coefficient (Wildman–Crippen LogP) is -0.938. The van der Waals surface area contributed by atoms with Crippen molar-refractivity contribution in [2.45, 2.75) is 50.7 Å². The van der Waals surface area contributed by atoms with E-state index >= 15 is 0 Å². The number of nitrogens with one attached hydrogen (secondary N) is 2. The minimum Gasteiger partial charge on any atom is -0.481 e. The van der Waals surface area contributed by atoms with Gasteiger partial charge in [0, 0.05) is 6.04 Å². The molecule has 0 radical (unpaired) electrons. The molecule has 0 saturated carbocycles. The monoisotopic (exact) mass is 355 g/mol. The highest BCUT2D eigenvalue weighted by molar-refractivity contribution is 6.03. The summed E-state index contributed by atoms with van der Waals surface area (Å²) in [5, 5.41) is 23.9. The fourth-order valence-electron chi connectivity index (χ4n) is 3.62. The number of aliphatic carboxylic acids is 2. The highest BCUT2D eigenvalue weighted by Gasteiger charge is 2.40. The number of ketones is 1. The molecule has 1 amide bonds. The number of carbonyl (C=O) groups is 4. The molecule has 4 N–H and O–H groups in total. The van der Waals surface area contributed by atoms with E-state index in [2.05, 4.69) is 10.6 Å². The first-order valence-electron chi connectivity index (χ1n) is 8.57. The van der Waals surface area contributed by atoms with Crippen LogP contribution in [0.15, 0.2) is 0 Å². The van der Waals surface area contributed by atoms with E-state index < -0.39 is 47.7 Å². The molecule has 0 bridgehead atoms. The Morgan fingerprint density at radius 1 is 1.20 bits per heavy atom. The summed E-state index contributed by atoms with van der Waals surface area (Å²) < 4.78 is 0. The quantitative estimate of drug-likeness (QED) is 0.410. The van der Waals surface area contributed by atoms with Crippen LogP contribution in [0.2, 0.25) is 0 Å². The molecule has 2 fully saturated rings. The number of nitrogens with zero attached hydrogens (tertiary/aromatic N) is 1. The number of carboxylic acids is 2. The van der Waals surface area contributed by atoms with Crippen molar-refractivity contribution in [2.24, 2.45) is 5.92 Å². The van der Waals surface area contributed by atoms with Crippen LogP contribution in [0.3, 0.4) is 0 Å². The van der Waals surface area contributed by atoms with E-state index in [1.807, 2.05) is 0 Å². The zero-order valence-corrected chi connectivity index (χ0v) is 14.2. The third-order valence-corrected chi connectivity index (χ3v) is 4.86. The number of carboxylic acid groups (broad SMARTS) is 2. The van der Waals surface area contributed by atoms with Gasteiger partial charge in [-0.15, -0.1) is 0 Å².